The predicted molar refractivity (Wildman–Crippen MR) is 128 cm³/mol. The maximum absolute atomic E-state index is 13.3. The van der Waals surface area contributed by atoms with Crippen molar-refractivity contribution in [1.82, 2.24) is 31.0 Å². The van der Waals surface area contributed by atoms with Gasteiger partial charge >= 0.3 is 12.2 Å². The fraction of sp³-hybridized carbons (Fsp3) is 0.538. The molecule has 0 spiro atoms. The number of likely N-dealkylation sites (tertiary alicyclic amines) is 1. The number of amides is 2. The van der Waals surface area contributed by atoms with E-state index >= 15 is 0 Å². The molecule has 7 nitrogen and oxygen atoms in total. The van der Waals surface area contributed by atoms with Crippen LogP contribution in [0.5, 0.6) is 0 Å². The van der Waals surface area contributed by atoms with E-state index in [2.05, 4.69) is 27.2 Å². The summed E-state index contributed by atoms with van der Waals surface area (Å²) in [5.41, 5.74) is 8.96. The average molecular weight is 501 g/mol. The van der Waals surface area contributed by atoms with E-state index in [0.717, 1.165) is 24.0 Å². The summed E-state index contributed by atoms with van der Waals surface area (Å²) in [6.45, 7) is 0.112. The molecule has 0 radical (unpaired) electrons. The second-order valence-electron chi connectivity index (χ2n) is 10.7. The largest absolute Gasteiger partial charge is 0.401 e. The lowest BCUT2D eigenvalue weighted by molar-refractivity contribution is -0.143. The number of rotatable bonds is 4. The van der Waals surface area contributed by atoms with E-state index in [1.165, 1.54) is 4.90 Å². The van der Waals surface area contributed by atoms with Crippen LogP contribution in [-0.4, -0.2) is 71.3 Å². The number of hydrogen-bond donors (Lipinski definition) is 3. The van der Waals surface area contributed by atoms with Crippen molar-refractivity contribution in [2.45, 2.75) is 49.1 Å². The Kier molecular flexibility index (Phi) is 6.13. The number of hydrogen-bond acceptors (Lipinski definition) is 5. The highest BCUT2D eigenvalue weighted by atomic mass is 19.4. The Labute approximate surface area is 208 Å². The lowest BCUT2D eigenvalue weighted by Crippen LogP contribution is -2.63. The number of fused-ring (bicyclic) bond motifs is 2. The van der Waals surface area contributed by atoms with E-state index < -0.39 is 12.7 Å². The van der Waals surface area contributed by atoms with Crippen molar-refractivity contribution >= 4 is 6.03 Å². The van der Waals surface area contributed by atoms with Gasteiger partial charge in [0.1, 0.15) is 0 Å². The molecule has 5 unspecified atom stereocenters. The van der Waals surface area contributed by atoms with Gasteiger partial charge in [-0.2, -0.15) is 13.2 Å². The average Bonchev–Trinajstić information content (AvgIpc) is 3.46. The summed E-state index contributed by atoms with van der Waals surface area (Å²) in [5.74, 6) is 0.422. The normalized spacial score (nSPS) is 34.8. The zero-order valence-corrected chi connectivity index (χ0v) is 19.9. The summed E-state index contributed by atoms with van der Waals surface area (Å²) in [4.78, 5) is 20.9. The molecule has 10 heteroatoms. The maximum Gasteiger partial charge on any atom is 0.401 e. The summed E-state index contributed by atoms with van der Waals surface area (Å²) in [5, 5.41) is 3.21. The van der Waals surface area contributed by atoms with Gasteiger partial charge in [-0.15, -0.1) is 0 Å². The molecule has 3 saturated heterocycles. The lowest BCUT2D eigenvalue weighted by atomic mass is 9.71. The number of nitrogens with zero attached hydrogens (tertiary/aromatic N) is 3. The molecule has 0 bridgehead atoms. The van der Waals surface area contributed by atoms with E-state index in [9.17, 15) is 18.0 Å². The quantitative estimate of drug-likeness (QED) is 0.602. The van der Waals surface area contributed by atoms with Gasteiger partial charge in [-0.3, -0.25) is 15.3 Å². The number of carbonyl (C=O) groups excluding carboxylic acids is 1. The maximum atomic E-state index is 13.3. The van der Waals surface area contributed by atoms with Gasteiger partial charge < -0.3 is 10.2 Å². The van der Waals surface area contributed by atoms with Gasteiger partial charge in [-0.05, 0) is 41.9 Å². The molecule has 2 aromatic rings. The number of hydrazine groups is 1. The standard InChI is InChI=1S/C26H31F3N6O/c27-26(28,29)15-34-13-20(16-5-2-1-3-6-16)23(14-34)35-12-18-9-19-22(10-21(18)31-25(35)36)32-33-24(19)17-7-4-8-30-11-17/h1-8,11,18-24,32-33H,9-10,12-15H2,(H,31,36)/t18?,19?,20-,21?,22?,23+,24?/m0/s1. The summed E-state index contributed by atoms with van der Waals surface area (Å²) in [7, 11) is 0. The number of nitrogens with one attached hydrogen (secondary N) is 3. The first-order valence-corrected chi connectivity index (χ1v) is 12.7. The number of halogens is 3. The van der Waals surface area contributed by atoms with Crippen LogP contribution in [0.25, 0.3) is 0 Å². The molecule has 7 atom stereocenters. The molecule has 1 aliphatic carbocycles. The van der Waals surface area contributed by atoms with Crippen LogP contribution in [0, 0.1) is 11.8 Å². The van der Waals surface area contributed by atoms with Gasteiger partial charge in [-0.25, -0.2) is 10.2 Å². The first-order chi connectivity index (χ1) is 17.4. The van der Waals surface area contributed by atoms with E-state index in [4.69, 9.17) is 0 Å². The Hall–Kier alpha value is -2.69. The molecule has 2 amide bonds. The first kappa shape index (κ1) is 23.7. The van der Waals surface area contributed by atoms with Crippen molar-refractivity contribution in [2.75, 3.05) is 26.2 Å². The number of benzene rings is 1. The van der Waals surface area contributed by atoms with E-state index in [0.29, 0.717) is 12.5 Å². The van der Waals surface area contributed by atoms with Crippen LogP contribution in [-0.2, 0) is 0 Å². The van der Waals surface area contributed by atoms with Crippen LogP contribution >= 0.6 is 0 Å². The molecule has 4 heterocycles. The van der Waals surface area contributed by atoms with Gasteiger partial charge in [0.2, 0.25) is 0 Å². The van der Waals surface area contributed by atoms with Crippen molar-refractivity contribution in [3.05, 3.63) is 66.0 Å². The second-order valence-corrected chi connectivity index (χ2v) is 10.7. The van der Waals surface area contributed by atoms with Crippen LogP contribution in [0.15, 0.2) is 54.9 Å². The Bertz CT molecular complexity index is 1070. The molecule has 1 saturated carbocycles. The molecule has 36 heavy (non-hydrogen) atoms. The number of aromatic nitrogens is 1. The van der Waals surface area contributed by atoms with Crippen molar-refractivity contribution in [1.29, 1.82) is 0 Å². The summed E-state index contributed by atoms with van der Waals surface area (Å²) in [6, 6.07) is 13.6. The SMILES string of the molecule is O=C1NC2CC3NNC(c4cccnc4)C3CC2CN1[C@@H]1CN(CC(F)(F)F)C[C@H]1c1ccccc1. The number of carbonyl (C=O) groups is 1. The Morgan fingerprint density at radius 1 is 0.944 bits per heavy atom. The predicted octanol–water partition coefficient (Wildman–Crippen LogP) is 3.05. The monoisotopic (exact) mass is 500 g/mol. The Morgan fingerprint density at radius 3 is 2.50 bits per heavy atom. The highest BCUT2D eigenvalue weighted by Gasteiger charge is 2.50. The molecule has 6 rings (SSSR count). The first-order valence-electron chi connectivity index (χ1n) is 12.7. The molecular formula is C26H31F3N6O. The smallest absolute Gasteiger partial charge is 0.335 e. The molecule has 3 N–H and O–H groups in total. The van der Waals surface area contributed by atoms with Crippen molar-refractivity contribution in [2.24, 2.45) is 11.8 Å². The van der Waals surface area contributed by atoms with Crippen LogP contribution < -0.4 is 16.2 Å². The van der Waals surface area contributed by atoms with E-state index in [1.807, 2.05) is 47.5 Å². The zero-order valence-electron chi connectivity index (χ0n) is 19.9. The summed E-state index contributed by atoms with van der Waals surface area (Å²) in [6.07, 6.45) is 1.13. The highest BCUT2D eigenvalue weighted by Crippen LogP contribution is 2.43. The third-order valence-electron chi connectivity index (χ3n) is 8.46. The van der Waals surface area contributed by atoms with Gasteiger partial charge in [0.25, 0.3) is 0 Å². The molecule has 1 aromatic carbocycles. The zero-order chi connectivity index (χ0) is 24.9. The number of urea groups is 1. The van der Waals surface area contributed by atoms with Crippen LogP contribution in [0.1, 0.15) is 35.9 Å². The number of alkyl halides is 3. The lowest BCUT2D eigenvalue weighted by Gasteiger charge is -2.48. The Morgan fingerprint density at radius 2 is 1.75 bits per heavy atom. The van der Waals surface area contributed by atoms with Crippen molar-refractivity contribution < 1.29 is 18.0 Å². The number of pyridine rings is 1. The van der Waals surface area contributed by atoms with Gasteiger partial charge in [0.05, 0.1) is 18.6 Å². The van der Waals surface area contributed by atoms with Gasteiger partial charge in [-0.1, -0.05) is 36.4 Å². The fourth-order valence-electron chi connectivity index (χ4n) is 6.88. The van der Waals surface area contributed by atoms with Crippen molar-refractivity contribution in [3.8, 4) is 0 Å². The van der Waals surface area contributed by atoms with Crippen LogP contribution in [0.4, 0.5) is 18.0 Å². The minimum absolute atomic E-state index is 0.0554. The molecule has 3 aliphatic heterocycles. The van der Waals surface area contributed by atoms with Crippen LogP contribution in [0.3, 0.4) is 0 Å². The minimum atomic E-state index is -4.27. The molecule has 4 fully saturated rings. The van der Waals surface area contributed by atoms with Crippen molar-refractivity contribution in [3.63, 3.8) is 0 Å². The Balaban J connectivity index is 1.22. The summed E-state index contributed by atoms with van der Waals surface area (Å²) < 4.78 is 39.8. The van der Waals surface area contributed by atoms with Gasteiger partial charge in [0, 0.05) is 50.0 Å². The highest BCUT2D eigenvalue weighted by molar-refractivity contribution is 5.76. The third kappa shape index (κ3) is 4.57. The van der Waals surface area contributed by atoms with Crippen LogP contribution in [0.2, 0.25) is 0 Å². The second kappa shape index (κ2) is 9.32. The minimum Gasteiger partial charge on any atom is -0.335 e. The topological polar surface area (TPSA) is 72.5 Å². The molecule has 192 valence electrons. The van der Waals surface area contributed by atoms with E-state index in [1.54, 1.807) is 6.20 Å². The molecular weight excluding hydrogens is 469 g/mol. The third-order valence-corrected chi connectivity index (χ3v) is 8.46. The summed E-state index contributed by atoms with van der Waals surface area (Å²) >= 11 is 0. The molecule has 1 aromatic heterocycles. The molecule has 4 aliphatic rings. The van der Waals surface area contributed by atoms with E-state index in [-0.39, 0.29) is 55.1 Å². The fourth-order valence-corrected chi connectivity index (χ4v) is 6.88. The van der Waals surface area contributed by atoms with Gasteiger partial charge in [0.15, 0.2) is 0 Å².